The summed E-state index contributed by atoms with van der Waals surface area (Å²) in [6.45, 7) is -1.59. The van der Waals surface area contributed by atoms with Crippen LogP contribution in [0.25, 0.3) is 0 Å². The molecule has 49 heteroatoms. The number of nitrogens with two attached hydrogens (primary N) is 5. The molecule has 0 aliphatic carbocycles. The van der Waals surface area contributed by atoms with Gasteiger partial charge in [-0.15, -0.1) is 35.3 Å². The van der Waals surface area contributed by atoms with E-state index in [9.17, 15) is 128 Å². The second kappa shape index (κ2) is 44.4. The molecule has 0 saturated carbocycles. The number of aliphatic hydroxyl groups excluding tert-OH is 3. The molecule has 11 atom stereocenters. The number of carboxylic acid groups (broad SMARTS) is 8. The molecule has 0 bridgehead atoms. The van der Waals surface area contributed by atoms with Gasteiger partial charge >= 0.3 is 47.8 Å². The van der Waals surface area contributed by atoms with Gasteiger partial charge in [0.1, 0.15) is 79.2 Å². The number of hydrogen-bond acceptors (Lipinski definition) is 32. The number of rotatable bonds is 42. The second-order valence-corrected chi connectivity index (χ2v) is 25.1. The van der Waals surface area contributed by atoms with Crippen molar-refractivity contribution in [2.75, 3.05) is 30.3 Å². The lowest BCUT2D eigenvalue weighted by atomic mass is 9.99. The number of nitro benzene ring substituents is 2. The number of phenols is 1. The molecule has 3 aromatic carbocycles. The highest BCUT2D eigenvalue weighted by Gasteiger charge is 2.48. The van der Waals surface area contributed by atoms with E-state index in [1.54, 1.807) is 0 Å². The molecule has 3 aromatic rings. The van der Waals surface area contributed by atoms with E-state index in [4.69, 9.17) is 68.8 Å². The van der Waals surface area contributed by atoms with Crippen LogP contribution >= 0.6 is 35.3 Å². The smallest absolute Gasteiger partial charge is 0.335 e. The molecule has 107 heavy (non-hydrogen) atoms. The number of nitro groups is 2. The van der Waals surface area contributed by atoms with Crippen LogP contribution in [0.2, 0.25) is 0 Å². The van der Waals surface area contributed by atoms with Crippen LogP contribution in [-0.2, 0) is 67.1 Å². The zero-order valence-corrected chi connectivity index (χ0v) is 57.5. The summed E-state index contributed by atoms with van der Waals surface area (Å²) in [6.07, 6.45) is -13.3. The zero-order valence-electron chi connectivity index (χ0n) is 55.0. The van der Waals surface area contributed by atoms with Crippen LogP contribution in [0.15, 0.2) is 63.2 Å². The first-order valence-electron chi connectivity index (χ1n) is 30.2. The highest BCUT2D eigenvalue weighted by atomic mass is 32.2. The molecule has 7 amide bonds. The molecule has 0 spiro atoms. The van der Waals surface area contributed by atoms with Crippen molar-refractivity contribution in [3.8, 4) is 11.5 Å². The van der Waals surface area contributed by atoms with Crippen LogP contribution in [0.5, 0.6) is 11.5 Å². The molecule has 586 valence electrons. The van der Waals surface area contributed by atoms with Gasteiger partial charge < -0.3 is 126 Å². The largest absolute Gasteiger partial charge is 0.507 e. The molecule has 46 nitrogen and oxygen atoms in total. The van der Waals surface area contributed by atoms with Gasteiger partial charge in [-0.05, 0) is 55.7 Å². The van der Waals surface area contributed by atoms with Crippen molar-refractivity contribution in [2.45, 2.75) is 133 Å². The summed E-state index contributed by atoms with van der Waals surface area (Å²) in [5.74, 6) is -20.1. The SMILES string of the molecule is NC(=O)c1ccc(SCC(NC(=O)CCC(N)C(=O)O)C(=O)NCC(=O)O)c([N+](=O)[O-])c1.NC(=O)c1ccc(SCC(NC(=O)CCC(N)C(=O)O)C(=O)O)c([N+](=O)[O-])c1.NC(CCC(=O)NC(CSc1c(O)cc(C(=O)CCC(=O)O)cc1OC1OC(C(=O)O)[C@@H](O)[C@H](O)[C@H]1O)C(=O)NCC(=O)O)C(=O)O. The monoisotopic (exact) mass is 1580 g/mol. The molecule has 1 heterocycles. The molecular formula is C58H72N12O34S3. The van der Waals surface area contributed by atoms with Gasteiger partial charge in [0.15, 0.2) is 11.9 Å². The summed E-state index contributed by atoms with van der Waals surface area (Å²) in [5, 5.41) is 146. The molecule has 4 rings (SSSR count). The van der Waals surface area contributed by atoms with Crippen LogP contribution in [0.4, 0.5) is 11.4 Å². The number of aromatic hydroxyl groups is 1. The number of nitrogens with one attached hydrogen (secondary N) is 5. The Hall–Kier alpha value is -11.4. The number of nitrogens with zero attached hydrogens (tertiary/aromatic N) is 2. The van der Waals surface area contributed by atoms with E-state index in [0.29, 0.717) is 11.8 Å². The number of phenolic OH excluding ortho intramolecular Hbond substituents is 1. The Morgan fingerprint density at radius 1 is 0.495 bits per heavy atom. The van der Waals surface area contributed by atoms with E-state index in [0.717, 1.165) is 47.8 Å². The Morgan fingerprint density at radius 3 is 1.24 bits per heavy atom. The van der Waals surface area contributed by atoms with Crippen molar-refractivity contribution in [3.05, 3.63) is 85.4 Å². The maximum atomic E-state index is 12.7. The number of thioether (sulfide) groups is 3. The van der Waals surface area contributed by atoms with Crippen LogP contribution in [-0.4, -0.2) is 263 Å². The van der Waals surface area contributed by atoms with E-state index < -0.39 is 233 Å². The summed E-state index contributed by atoms with van der Waals surface area (Å²) in [7, 11) is 0. The van der Waals surface area contributed by atoms with Gasteiger partial charge in [0.05, 0.1) is 31.0 Å². The summed E-state index contributed by atoms with van der Waals surface area (Å²) < 4.78 is 10.6. The minimum atomic E-state index is -2.10. The number of carbonyl (C=O) groups excluding carboxylic acids is 8. The van der Waals surface area contributed by atoms with Crippen molar-refractivity contribution in [3.63, 3.8) is 0 Å². The maximum Gasteiger partial charge on any atom is 0.335 e. The van der Waals surface area contributed by atoms with Gasteiger partial charge in [-0.3, -0.25) is 87.4 Å². The molecule has 1 aliphatic rings. The van der Waals surface area contributed by atoms with Gasteiger partial charge in [-0.1, -0.05) is 0 Å². The van der Waals surface area contributed by atoms with E-state index in [-0.39, 0.29) is 75.0 Å². The summed E-state index contributed by atoms with van der Waals surface area (Å²) in [5.41, 5.74) is 24.8. The first-order valence-corrected chi connectivity index (χ1v) is 33.1. The standard InChI is InChI=1S/C26H33N3O17S.C17H21N5O9S.C15H18N4O8S/c27-10(24(41)42)1-3-15(32)29-11(23(40)28-7-17(35)36)8-47-22-13(31)5-9(12(30)2-4-16(33)34)6-14(22)45-26-20(39)18(37)19(38)21(46-26)25(43)44;18-9(17(28)29)2-4-13(23)21-10(16(27)20-6-14(24)25)7-32-12-3-1-8(15(19)26)5-11(12)22(30)31;16-8(14(22)23)2-4-12(20)18-9(15(24)25)6-28-11-3-1-7(13(17)21)5-10(11)19(26)27/h5-6,10-11,18-21,26,31,37-39H,1-4,7-8,27H2,(H,28,40)(H,29,32)(H,33,34)(H,35,36)(H,41,42)(H,43,44);1,3,5,9-10H,2,4,6-7,18H2,(H2,19,26)(H,20,27)(H,21,23)(H,24,25)(H,28,29);1,3,5,8-9H,2,4,6,16H2,(H2,17,21)(H,18,20)(H,22,23)(H,24,25)/t10?,11?,18-,19-,20+,21?,26?;;/m0../s1. The summed E-state index contributed by atoms with van der Waals surface area (Å²) >= 11 is 2.16. The Balaban J connectivity index is 0.000000569. The number of hydrogen-bond donors (Lipinski definition) is 22. The van der Waals surface area contributed by atoms with E-state index in [2.05, 4.69) is 21.3 Å². The molecule has 1 saturated heterocycles. The number of aliphatic carboxylic acids is 8. The van der Waals surface area contributed by atoms with Crippen molar-refractivity contribution < 1.29 is 157 Å². The van der Waals surface area contributed by atoms with Crippen molar-refractivity contribution in [1.82, 2.24) is 26.6 Å². The Kier molecular flexibility index (Phi) is 38.0. The Bertz CT molecular complexity index is 3850. The third-order valence-electron chi connectivity index (χ3n) is 13.8. The highest BCUT2D eigenvalue weighted by molar-refractivity contribution is 8.00. The average Bonchev–Trinajstić information content (AvgIpc) is 0.791. The van der Waals surface area contributed by atoms with Crippen molar-refractivity contribution in [2.24, 2.45) is 28.7 Å². The molecule has 8 unspecified atom stereocenters. The van der Waals surface area contributed by atoms with Crippen LogP contribution < -0.4 is 60.0 Å². The fourth-order valence-electron chi connectivity index (χ4n) is 8.15. The topological polar surface area (TPSA) is 811 Å². The van der Waals surface area contributed by atoms with Crippen LogP contribution in [0, 0.1) is 20.2 Å². The fraction of sp³-hybridized carbons (Fsp3) is 0.414. The van der Waals surface area contributed by atoms with Crippen molar-refractivity contribution in [1.29, 1.82) is 0 Å². The van der Waals surface area contributed by atoms with Crippen LogP contribution in [0.1, 0.15) is 82.4 Å². The molecule has 0 aromatic heterocycles. The Labute approximate surface area is 612 Å². The lowest BCUT2D eigenvalue weighted by Crippen LogP contribution is -2.61. The first kappa shape index (κ1) is 91.6. The average molecular weight is 1580 g/mol. The number of primary amides is 2. The predicted octanol–water partition coefficient (Wildman–Crippen LogP) is -5.11. The van der Waals surface area contributed by atoms with Gasteiger partial charge in [-0.2, -0.15) is 0 Å². The van der Waals surface area contributed by atoms with E-state index >= 15 is 0 Å². The number of benzene rings is 3. The number of carboxylic acids is 8. The number of ether oxygens (including phenoxy) is 2. The van der Waals surface area contributed by atoms with E-state index in [1.807, 2.05) is 5.32 Å². The molecule has 0 radical (unpaired) electrons. The predicted molar refractivity (Wildman–Crippen MR) is 359 cm³/mol. The van der Waals surface area contributed by atoms with Gasteiger partial charge in [-0.25, -0.2) is 9.59 Å². The van der Waals surface area contributed by atoms with Gasteiger partial charge in [0, 0.05) is 71.8 Å². The lowest BCUT2D eigenvalue weighted by Gasteiger charge is -2.38. The number of Topliss-reactive ketones (excluding diaryl/α,β-unsaturated/α-hetero) is 1. The zero-order chi connectivity index (χ0) is 81.4. The number of ketones is 1. The van der Waals surface area contributed by atoms with Gasteiger partial charge in [0.2, 0.25) is 47.6 Å². The normalized spacial score (nSPS) is 16.6. The quantitative estimate of drug-likeness (QED) is 0.0109. The second-order valence-electron chi connectivity index (χ2n) is 21.9. The van der Waals surface area contributed by atoms with Gasteiger partial charge in [0.25, 0.3) is 11.4 Å². The Morgan fingerprint density at radius 2 is 0.888 bits per heavy atom. The molecule has 1 aliphatic heterocycles. The first-order chi connectivity index (χ1) is 49.9. The van der Waals surface area contributed by atoms with E-state index in [1.165, 1.54) is 24.3 Å². The summed E-state index contributed by atoms with van der Waals surface area (Å²) in [4.78, 5) is 205. The lowest BCUT2D eigenvalue weighted by molar-refractivity contribution is -0.387. The summed E-state index contributed by atoms with van der Waals surface area (Å²) in [6, 6.07) is 0.668. The molecular weight excluding hydrogens is 1500 g/mol. The minimum absolute atomic E-state index is 0.0678. The molecule has 27 N–H and O–H groups in total. The number of amides is 7. The fourth-order valence-corrected chi connectivity index (χ4v) is 11.2. The minimum Gasteiger partial charge on any atom is -0.507 e. The number of aliphatic hydroxyl groups is 3. The van der Waals surface area contributed by atoms with Crippen LogP contribution in [0.3, 0.4) is 0 Å². The number of carbonyl (C=O) groups is 16. The maximum absolute atomic E-state index is 12.7. The molecule has 1 fully saturated rings. The van der Waals surface area contributed by atoms with Crippen molar-refractivity contribution >= 4 is 142 Å². The highest BCUT2D eigenvalue weighted by Crippen LogP contribution is 2.41. The third-order valence-corrected chi connectivity index (χ3v) is 17.3. The third kappa shape index (κ3) is 31.8.